The van der Waals surface area contributed by atoms with Gasteiger partial charge in [-0.2, -0.15) is 5.26 Å². The van der Waals surface area contributed by atoms with Crippen LogP contribution in [-0.2, 0) is 11.4 Å². The zero-order valence-electron chi connectivity index (χ0n) is 18.3. The van der Waals surface area contributed by atoms with Crippen LogP contribution in [0.1, 0.15) is 50.7 Å². The van der Waals surface area contributed by atoms with Crippen LogP contribution in [0.2, 0.25) is 0 Å². The lowest BCUT2D eigenvalue weighted by atomic mass is 9.86. The predicted octanol–water partition coefficient (Wildman–Crippen LogP) is 5.27. The molecule has 0 aromatic heterocycles. The number of nitriles is 1. The summed E-state index contributed by atoms with van der Waals surface area (Å²) in [6.07, 6.45) is 6.00. The van der Waals surface area contributed by atoms with Crippen molar-refractivity contribution in [1.82, 2.24) is 5.32 Å². The zero-order chi connectivity index (χ0) is 22.1. The van der Waals surface area contributed by atoms with E-state index in [9.17, 15) is 10.1 Å². The molecule has 0 unspecified atom stereocenters. The summed E-state index contributed by atoms with van der Waals surface area (Å²) in [5.41, 5.74) is 1.88. The summed E-state index contributed by atoms with van der Waals surface area (Å²) in [6, 6.07) is 17.5. The quantitative estimate of drug-likeness (QED) is 0.468. The zero-order valence-corrected chi connectivity index (χ0v) is 18.3. The summed E-state index contributed by atoms with van der Waals surface area (Å²) in [5, 5.41) is 12.6. The van der Waals surface area contributed by atoms with E-state index in [2.05, 4.69) is 12.2 Å². The minimum absolute atomic E-state index is 0.0955. The first-order valence-corrected chi connectivity index (χ1v) is 11.0. The fourth-order valence-electron chi connectivity index (χ4n) is 3.83. The molecular formula is C26H30N2O3. The topological polar surface area (TPSA) is 71.3 Å². The lowest BCUT2D eigenvalue weighted by molar-refractivity contribution is -0.118. The molecule has 1 aliphatic rings. The largest absolute Gasteiger partial charge is 0.490 e. The molecule has 3 rings (SSSR count). The molecule has 2 aromatic rings. The molecule has 2 aromatic carbocycles. The van der Waals surface area contributed by atoms with Crippen LogP contribution in [0.15, 0.2) is 54.1 Å². The molecule has 5 heteroatoms. The molecule has 1 N–H and O–H groups in total. The number of hydrogen-bond donors (Lipinski definition) is 1. The Kier molecular flexibility index (Phi) is 8.12. The van der Waals surface area contributed by atoms with Gasteiger partial charge in [0.2, 0.25) is 0 Å². The van der Waals surface area contributed by atoms with Crippen molar-refractivity contribution in [1.29, 1.82) is 5.26 Å². The molecule has 1 amide bonds. The fourth-order valence-corrected chi connectivity index (χ4v) is 3.83. The van der Waals surface area contributed by atoms with Crippen molar-refractivity contribution in [3.05, 3.63) is 65.2 Å². The van der Waals surface area contributed by atoms with E-state index >= 15 is 0 Å². The Morgan fingerprint density at radius 3 is 2.61 bits per heavy atom. The summed E-state index contributed by atoms with van der Waals surface area (Å²) in [5.74, 6) is 1.33. The van der Waals surface area contributed by atoms with Crippen LogP contribution in [0, 0.1) is 17.2 Å². The SMILES string of the molecule is CCOc1cc(/C=C(\C#N)C(=O)N[C@@H]2CCCC[C@H]2C)ccc1OCc1ccccc1. The van der Waals surface area contributed by atoms with E-state index in [1.54, 1.807) is 12.1 Å². The van der Waals surface area contributed by atoms with Crippen molar-refractivity contribution in [2.24, 2.45) is 5.92 Å². The van der Waals surface area contributed by atoms with E-state index < -0.39 is 0 Å². The minimum Gasteiger partial charge on any atom is -0.490 e. The molecular weight excluding hydrogens is 388 g/mol. The Labute approximate surface area is 184 Å². The number of hydrogen-bond acceptors (Lipinski definition) is 4. The average molecular weight is 419 g/mol. The highest BCUT2D eigenvalue weighted by Crippen LogP contribution is 2.30. The van der Waals surface area contributed by atoms with Gasteiger partial charge >= 0.3 is 0 Å². The Morgan fingerprint density at radius 1 is 1.13 bits per heavy atom. The van der Waals surface area contributed by atoms with Gasteiger partial charge in [-0.15, -0.1) is 0 Å². The van der Waals surface area contributed by atoms with Gasteiger partial charge in [-0.05, 0) is 55.0 Å². The summed E-state index contributed by atoms with van der Waals surface area (Å²) in [6.45, 7) is 4.98. The normalized spacial score (nSPS) is 18.7. The van der Waals surface area contributed by atoms with Gasteiger partial charge in [-0.25, -0.2) is 0 Å². The van der Waals surface area contributed by atoms with E-state index in [1.807, 2.05) is 55.5 Å². The highest BCUT2D eigenvalue weighted by atomic mass is 16.5. The van der Waals surface area contributed by atoms with Gasteiger partial charge < -0.3 is 14.8 Å². The molecule has 0 saturated heterocycles. The fraction of sp³-hybridized carbons (Fsp3) is 0.385. The number of carbonyl (C=O) groups excluding carboxylic acids is 1. The van der Waals surface area contributed by atoms with Gasteiger partial charge in [0.1, 0.15) is 18.2 Å². The number of amides is 1. The van der Waals surface area contributed by atoms with Crippen molar-refractivity contribution in [3.63, 3.8) is 0 Å². The third-order valence-electron chi connectivity index (χ3n) is 5.61. The Morgan fingerprint density at radius 2 is 1.90 bits per heavy atom. The average Bonchev–Trinajstić information content (AvgIpc) is 2.79. The summed E-state index contributed by atoms with van der Waals surface area (Å²) < 4.78 is 11.7. The maximum Gasteiger partial charge on any atom is 0.262 e. The van der Waals surface area contributed by atoms with Crippen LogP contribution in [-0.4, -0.2) is 18.6 Å². The van der Waals surface area contributed by atoms with Gasteiger partial charge in [0.25, 0.3) is 5.91 Å². The van der Waals surface area contributed by atoms with E-state index in [4.69, 9.17) is 9.47 Å². The second-order valence-electron chi connectivity index (χ2n) is 7.92. The second kappa shape index (κ2) is 11.2. The molecule has 162 valence electrons. The molecule has 5 nitrogen and oxygen atoms in total. The first-order chi connectivity index (χ1) is 15.1. The van der Waals surface area contributed by atoms with Crippen LogP contribution in [0.25, 0.3) is 6.08 Å². The lowest BCUT2D eigenvalue weighted by Crippen LogP contribution is -2.41. The highest BCUT2D eigenvalue weighted by molar-refractivity contribution is 6.01. The first-order valence-electron chi connectivity index (χ1n) is 11.0. The second-order valence-corrected chi connectivity index (χ2v) is 7.92. The molecule has 31 heavy (non-hydrogen) atoms. The highest BCUT2D eigenvalue weighted by Gasteiger charge is 2.24. The molecule has 0 spiro atoms. The van der Waals surface area contributed by atoms with E-state index in [-0.39, 0.29) is 17.5 Å². The van der Waals surface area contributed by atoms with Crippen molar-refractivity contribution >= 4 is 12.0 Å². The van der Waals surface area contributed by atoms with Gasteiger partial charge in [0.05, 0.1) is 6.61 Å². The molecule has 0 aliphatic heterocycles. The van der Waals surface area contributed by atoms with Gasteiger partial charge in [-0.3, -0.25) is 4.79 Å². The van der Waals surface area contributed by atoms with Gasteiger partial charge in [-0.1, -0.05) is 56.2 Å². The third kappa shape index (κ3) is 6.36. The molecule has 0 radical (unpaired) electrons. The van der Waals surface area contributed by atoms with Crippen molar-refractivity contribution in [2.45, 2.75) is 52.2 Å². The number of nitrogens with one attached hydrogen (secondary N) is 1. The number of ether oxygens (including phenoxy) is 2. The van der Waals surface area contributed by atoms with Crippen molar-refractivity contribution < 1.29 is 14.3 Å². The van der Waals surface area contributed by atoms with E-state index in [1.165, 1.54) is 6.42 Å². The molecule has 1 aliphatic carbocycles. The van der Waals surface area contributed by atoms with E-state index in [0.717, 1.165) is 30.4 Å². The Balaban J connectivity index is 1.73. The monoisotopic (exact) mass is 418 g/mol. The van der Waals surface area contributed by atoms with Crippen LogP contribution in [0.5, 0.6) is 11.5 Å². The number of rotatable bonds is 8. The number of benzene rings is 2. The lowest BCUT2D eigenvalue weighted by Gasteiger charge is -2.29. The van der Waals surface area contributed by atoms with Crippen LogP contribution in [0.4, 0.5) is 0 Å². The van der Waals surface area contributed by atoms with Gasteiger partial charge in [0.15, 0.2) is 11.5 Å². The maximum absolute atomic E-state index is 12.7. The third-order valence-corrected chi connectivity index (χ3v) is 5.61. The van der Waals surface area contributed by atoms with Crippen LogP contribution >= 0.6 is 0 Å². The molecule has 0 bridgehead atoms. The van der Waals surface area contributed by atoms with Gasteiger partial charge in [0, 0.05) is 6.04 Å². The Hall–Kier alpha value is -3.26. The molecule has 1 saturated carbocycles. The van der Waals surface area contributed by atoms with Crippen molar-refractivity contribution in [3.8, 4) is 17.6 Å². The summed E-state index contributed by atoms with van der Waals surface area (Å²) >= 11 is 0. The predicted molar refractivity (Wildman–Crippen MR) is 122 cm³/mol. The number of carbonyl (C=O) groups is 1. The molecule has 0 heterocycles. The standard InChI is InChI=1S/C26H30N2O3/c1-3-30-25-16-21(13-14-24(25)31-18-20-10-5-4-6-11-20)15-22(17-27)26(29)28-23-12-8-7-9-19(23)2/h4-6,10-11,13-16,19,23H,3,7-9,12,18H2,1-2H3,(H,28,29)/b22-15+/t19-,23-/m1/s1. The summed E-state index contributed by atoms with van der Waals surface area (Å²) in [7, 11) is 0. The molecule has 1 fully saturated rings. The Bertz CT molecular complexity index is 947. The minimum atomic E-state index is -0.316. The van der Waals surface area contributed by atoms with Crippen molar-refractivity contribution in [2.75, 3.05) is 6.61 Å². The smallest absolute Gasteiger partial charge is 0.262 e. The summed E-state index contributed by atoms with van der Waals surface area (Å²) in [4.78, 5) is 12.7. The number of nitrogens with zero attached hydrogens (tertiary/aromatic N) is 1. The van der Waals surface area contributed by atoms with Crippen LogP contribution in [0.3, 0.4) is 0 Å². The van der Waals surface area contributed by atoms with Crippen LogP contribution < -0.4 is 14.8 Å². The molecule has 2 atom stereocenters. The first kappa shape index (κ1) is 22.4. The maximum atomic E-state index is 12.7. The van der Waals surface area contributed by atoms with E-state index in [0.29, 0.717) is 30.6 Å².